The number of esters is 1. The van der Waals surface area contributed by atoms with E-state index in [1.807, 2.05) is 13.0 Å². The second-order valence-electron chi connectivity index (χ2n) is 8.60. The van der Waals surface area contributed by atoms with Crippen molar-refractivity contribution < 1.29 is 33.4 Å². The Balaban J connectivity index is 1.51. The highest BCUT2D eigenvalue weighted by Crippen LogP contribution is 2.44. The molecule has 1 atom stereocenters. The highest BCUT2D eigenvalue weighted by molar-refractivity contribution is 6.15. The first-order chi connectivity index (χ1) is 17.3. The van der Waals surface area contributed by atoms with Crippen molar-refractivity contribution in [3.05, 3.63) is 53.6 Å². The lowest BCUT2D eigenvalue weighted by Crippen LogP contribution is -2.67. The third-order valence-corrected chi connectivity index (χ3v) is 6.75. The summed E-state index contributed by atoms with van der Waals surface area (Å²) in [6.45, 7) is 1.95. The van der Waals surface area contributed by atoms with E-state index in [9.17, 15) is 19.2 Å². The zero-order valence-corrected chi connectivity index (χ0v) is 20.8. The van der Waals surface area contributed by atoms with Crippen molar-refractivity contribution in [2.24, 2.45) is 0 Å². The van der Waals surface area contributed by atoms with Crippen molar-refractivity contribution in [1.29, 1.82) is 0 Å². The predicted molar refractivity (Wildman–Crippen MR) is 130 cm³/mol. The van der Waals surface area contributed by atoms with Gasteiger partial charge in [-0.05, 0) is 36.8 Å². The molecular weight excluding hydrogens is 466 g/mol. The van der Waals surface area contributed by atoms with Crippen molar-refractivity contribution in [1.82, 2.24) is 9.80 Å². The molecule has 0 aromatic heterocycles. The van der Waals surface area contributed by atoms with Gasteiger partial charge in [0.2, 0.25) is 11.6 Å². The number of fused-ring (bicyclic) bond motifs is 3. The Morgan fingerprint density at radius 3 is 2.47 bits per heavy atom. The number of anilines is 1. The van der Waals surface area contributed by atoms with Gasteiger partial charge in [0.25, 0.3) is 11.8 Å². The van der Waals surface area contributed by atoms with Gasteiger partial charge in [0, 0.05) is 33.0 Å². The van der Waals surface area contributed by atoms with E-state index in [1.165, 1.54) is 28.9 Å². The predicted octanol–water partition coefficient (Wildman–Crippen LogP) is 2.20. The number of likely N-dealkylation sites (N-methyl/N-ethyl adjacent to an activating group) is 2. The molecule has 1 unspecified atom stereocenters. The monoisotopic (exact) mass is 495 g/mol. The molecule has 0 N–H and O–H groups in total. The van der Waals surface area contributed by atoms with Crippen LogP contribution in [0.25, 0.3) is 0 Å². The molecule has 0 radical (unpaired) electrons. The van der Waals surface area contributed by atoms with Gasteiger partial charge in [0.1, 0.15) is 0 Å². The lowest BCUT2D eigenvalue weighted by Gasteiger charge is -2.46. The van der Waals surface area contributed by atoms with Crippen LogP contribution in [0.5, 0.6) is 11.5 Å². The van der Waals surface area contributed by atoms with Gasteiger partial charge in [0.15, 0.2) is 18.1 Å². The van der Waals surface area contributed by atoms with Crippen LogP contribution in [0.3, 0.4) is 0 Å². The normalized spacial score (nSPS) is 18.4. The molecule has 190 valence electrons. The molecule has 10 heteroatoms. The van der Waals surface area contributed by atoms with Gasteiger partial charge in [-0.1, -0.05) is 18.2 Å². The van der Waals surface area contributed by atoms with E-state index >= 15 is 0 Å². The maximum atomic E-state index is 13.4. The molecule has 4 rings (SSSR count). The Bertz CT molecular complexity index is 1210. The molecule has 0 spiro atoms. The van der Waals surface area contributed by atoms with Gasteiger partial charge < -0.3 is 24.0 Å². The van der Waals surface area contributed by atoms with Crippen molar-refractivity contribution in [2.45, 2.75) is 32.0 Å². The van der Waals surface area contributed by atoms with Crippen molar-refractivity contribution in [3.63, 3.8) is 0 Å². The number of ether oxygens (including phenoxy) is 3. The second kappa shape index (κ2) is 9.88. The molecule has 3 amide bonds. The fourth-order valence-electron chi connectivity index (χ4n) is 4.80. The minimum Gasteiger partial charge on any atom is -0.493 e. The summed E-state index contributed by atoms with van der Waals surface area (Å²) in [5.41, 5.74) is -0.102. The molecule has 0 saturated carbocycles. The molecule has 2 aliphatic heterocycles. The smallest absolute Gasteiger partial charge is 0.354 e. The molecule has 10 nitrogen and oxygen atoms in total. The Morgan fingerprint density at radius 2 is 1.78 bits per heavy atom. The molecule has 36 heavy (non-hydrogen) atoms. The SMILES string of the molecule is CCN(Cc1ccc(OC)c(OC)c1)C(=O)COC(=O)C12CCC(=O)N1c1ccccc1C(=O)N2C. The quantitative estimate of drug-likeness (QED) is 0.517. The molecule has 2 aliphatic rings. The first-order valence-electron chi connectivity index (χ1n) is 11.6. The van der Waals surface area contributed by atoms with Crippen molar-refractivity contribution in [3.8, 4) is 11.5 Å². The number of methoxy groups -OCH3 is 2. The average Bonchev–Trinajstić information content (AvgIpc) is 3.26. The summed E-state index contributed by atoms with van der Waals surface area (Å²) in [4.78, 5) is 56.4. The third-order valence-electron chi connectivity index (χ3n) is 6.75. The second-order valence-corrected chi connectivity index (χ2v) is 8.60. The van der Waals surface area contributed by atoms with Gasteiger partial charge >= 0.3 is 5.97 Å². The maximum Gasteiger partial charge on any atom is 0.354 e. The van der Waals surface area contributed by atoms with Crippen LogP contribution < -0.4 is 14.4 Å². The van der Waals surface area contributed by atoms with Crippen LogP contribution in [0, 0.1) is 0 Å². The van der Waals surface area contributed by atoms with Gasteiger partial charge in [-0.15, -0.1) is 0 Å². The summed E-state index contributed by atoms with van der Waals surface area (Å²) in [6.07, 6.45) is 0.161. The topological polar surface area (TPSA) is 106 Å². The summed E-state index contributed by atoms with van der Waals surface area (Å²) in [7, 11) is 4.55. The van der Waals surface area contributed by atoms with Crippen LogP contribution in [0.15, 0.2) is 42.5 Å². The molecular formula is C26H29N3O7. The van der Waals surface area contributed by atoms with E-state index in [4.69, 9.17) is 14.2 Å². The highest BCUT2D eigenvalue weighted by Gasteiger charge is 2.60. The minimum absolute atomic E-state index is 0.0788. The minimum atomic E-state index is -1.62. The number of hydrogen-bond acceptors (Lipinski definition) is 7. The van der Waals surface area contributed by atoms with Gasteiger partial charge in [-0.25, -0.2) is 4.79 Å². The third kappa shape index (κ3) is 4.02. The van der Waals surface area contributed by atoms with E-state index in [1.54, 1.807) is 43.5 Å². The number of para-hydroxylation sites is 1. The summed E-state index contributed by atoms with van der Waals surface area (Å²) in [6, 6.07) is 12.0. The summed E-state index contributed by atoms with van der Waals surface area (Å²) in [5, 5.41) is 0. The van der Waals surface area contributed by atoms with Crippen LogP contribution in [-0.4, -0.2) is 73.6 Å². The highest BCUT2D eigenvalue weighted by atomic mass is 16.5. The van der Waals surface area contributed by atoms with E-state index in [2.05, 4.69) is 0 Å². The number of benzene rings is 2. The van der Waals surface area contributed by atoms with E-state index in [-0.39, 0.29) is 31.2 Å². The largest absolute Gasteiger partial charge is 0.493 e. The Kier molecular flexibility index (Phi) is 6.87. The molecule has 0 aliphatic carbocycles. The van der Waals surface area contributed by atoms with E-state index in [0.717, 1.165) is 5.56 Å². The molecule has 0 bridgehead atoms. The zero-order chi connectivity index (χ0) is 26.0. The number of rotatable bonds is 8. The molecule has 2 aromatic carbocycles. The molecule has 1 saturated heterocycles. The molecule has 1 fully saturated rings. The summed E-state index contributed by atoms with van der Waals surface area (Å²) in [5.74, 6) is -0.767. The Hall–Kier alpha value is -4.08. The van der Waals surface area contributed by atoms with Crippen LogP contribution in [0.1, 0.15) is 35.7 Å². The number of carbonyl (C=O) groups is 4. The lowest BCUT2D eigenvalue weighted by atomic mass is 9.97. The molecule has 2 heterocycles. The number of carbonyl (C=O) groups excluding carboxylic acids is 4. The molecule has 2 aromatic rings. The van der Waals surface area contributed by atoms with Gasteiger partial charge in [-0.2, -0.15) is 0 Å². The van der Waals surface area contributed by atoms with Gasteiger partial charge in [0.05, 0.1) is 25.5 Å². The zero-order valence-electron chi connectivity index (χ0n) is 20.8. The van der Waals surface area contributed by atoms with Crippen LogP contribution in [0.4, 0.5) is 5.69 Å². The van der Waals surface area contributed by atoms with Crippen molar-refractivity contribution >= 4 is 29.4 Å². The summed E-state index contributed by atoms with van der Waals surface area (Å²) < 4.78 is 16.1. The standard InChI is InChI=1S/C26H29N3O7/c1-5-28(15-17-10-11-20(34-3)21(14-17)35-4)23(31)16-36-25(33)26-13-12-22(30)29(26)19-9-7-6-8-18(19)24(32)27(26)2/h6-11,14H,5,12-13,15-16H2,1-4H3. The fraction of sp³-hybridized carbons (Fsp3) is 0.385. The lowest BCUT2D eigenvalue weighted by molar-refractivity contribution is -0.161. The van der Waals surface area contributed by atoms with Crippen LogP contribution in [-0.2, 0) is 25.7 Å². The Morgan fingerprint density at radius 1 is 1.06 bits per heavy atom. The Labute approximate surface area is 209 Å². The van der Waals surface area contributed by atoms with Gasteiger partial charge in [-0.3, -0.25) is 19.3 Å². The van der Waals surface area contributed by atoms with Crippen LogP contribution in [0.2, 0.25) is 0 Å². The number of hydrogen-bond donors (Lipinski definition) is 0. The first-order valence-corrected chi connectivity index (χ1v) is 11.6. The van der Waals surface area contributed by atoms with E-state index < -0.39 is 24.1 Å². The maximum absolute atomic E-state index is 13.4. The summed E-state index contributed by atoms with van der Waals surface area (Å²) >= 11 is 0. The van der Waals surface area contributed by atoms with Crippen LogP contribution >= 0.6 is 0 Å². The first kappa shape index (κ1) is 25.0. The fourth-order valence-corrected chi connectivity index (χ4v) is 4.80. The average molecular weight is 496 g/mol. The number of nitrogens with zero attached hydrogens (tertiary/aromatic N) is 3. The number of amides is 3. The van der Waals surface area contributed by atoms with Crippen molar-refractivity contribution in [2.75, 3.05) is 39.3 Å². The van der Waals surface area contributed by atoms with E-state index in [0.29, 0.717) is 29.3 Å².